The second-order valence-electron chi connectivity index (χ2n) is 17.9. The van der Waals surface area contributed by atoms with Gasteiger partial charge in [0, 0.05) is 51.3 Å². The molecule has 0 bridgehead atoms. The maximum atomic E-state index is 14.2. The molecule has 6 rings (SSSR count). The quantitative estimate of drug-likeness (QED) is 0.0815. The number of benzene rings is 4. The molecule has 0 aliphatic heterocycles. The van der Waals surface area contributed by atoms with Crippen LogP contribution in [0.4, 0.5) is 13.2 Å². The Hall–Kier alpha value is -4.06. The third kappa shape index (κ3) is 12.1. The van der Waals surface area contributed by atoms with Gasteiger partial charge in [-0.2, -0.15) is 13.2 Å². The molecule has 1 N–H and O–H groups in total. The van der Waals surface area contributed by atoms with Crippen molar-refractivity contribution in [1.29, 1.82) is 0 Å². The van der Waals surface area contributed by atoms with Crippen LogP contribution >= 0.6 is 0 Å². The van der Waals surface area contributed by atoms with Crippen LogP contribution in [0.5, 0.6) is 0 Å². The predicted octanol–water partition coefficient (Wildman–Crippen LogP) is 15.9. The van der Waals surface area contributed by atoms with Crippen LogP contribution in [-0.2, 0) is 36.5 Å². The Bertz CT molecular complexity index is 2260. The van der Waals surface area contributed by atoms with Crippen molar-refractivity contribution in [2.45, 2.75) is 131 Å². The number of aliphatic hydroxyl groups is 1. The number of hydrogen-bond donors (Lipinski definition) is 1. The number of rotatable bonds is 11. The summed E-state index contributed by atoms with van der Waals surface area (Å²) in [5, 5.41) is 11.7. The monoisotopic (exact) mass is 996 g/mol. The topological polar surface area (TPSA) is 50.2 Å². The van der Waals surface area contributed by atoms with E-state index < -0.39 is 17.6 Å². The summed E-state index contributed by atoms with van der Waals surface area (Å²) in [6, 6.07) is 30.3. The first-order valence-corrected chi connectivity index (χ1v) is 21.4. The largest absolute Gasteiger partial charge is 0.512 e. The molecule has 1 saturated carbocycles. The van der Waals surface area contributed by atoms with E-state index in [9.17, 15) is 23.1 Å². The number of aromatic nitrogens is 1. The summed E-state index contributed by atoms with van der Waals surface area (Å²) < 4.78 is 51.8. The number of fused-ring (bicyclic) bond motifs is 1. The van der Waals surface area contributed by atoms with E-state index in [1.807, 2.05) is 88.4 Å². The number of allylic oxidation sites excluding steroid dienone is 2. The molecule has 0 unspecified atom stereocenters. The summed E-state index contributed by atoms with van der Waals surface area (Å²) in [5.74, 6) is -0.0210. The van der Waals surface area contributed by atoms with Crippen LogP contribution in [0, 0.1) is 23.3 Å². The fraction of sp³-hybridized carbons (Fsp3) is 0.434. The normalized spacial score (nSPS) is 15.6. The van der Waals surface area contributed by atoms with Crippen molar-refractivity contribution in [3.63, 3.8) is 0 Å². The van der Waals surface area contributed by atoms with Crippen molar-refractivity contribution < 1.29 is 44.5 Å². The molecule has 323 valence electrons. The fourth-order valence-electron chi connectivity index (χ4n) is 8.09. The van der Waals surface area contributed by atoms with Gasteiger partial charge in [0.05, 0.1) is 11.3 Å². The number of ketones is 1. The molecule has 60 heavy (non-hydrogen) atoms. The van der Waals surface area contributed by atoms with Crippen molar-refractivity contribution >= 4 is 16.6 Å². The molecule has 0 saturated heterocycles. The molecule has 0 spiro atoms. The molecule has 7 heteroatoms. The number of alkyl halides is 3. The van der Waals surface area contributed by atoms with Crippen molar-refractivity contribution in [3.05, 3.63) is 126 Å². The van der Waals surface area contributed by atoms with Gasteiger partial charge in [0.1, 0.15) is 0 Å². The first-order valence-electron chi connectivity index (χ1n) is 21.9. The van der Waals surface area contributed by atoms with Gasteiger partial charge in [-0.15, -0.1) is 29.1 Å². The molecule has 5 aromatic rings. The van der Waals surface area contributed by atoms with Gasteiger partial charge in [-0.25, -0.2) is 0 Å². The average molecular weight is 996 g/mol. The standard InChI is InChI=1S/C40H39F3N.C13H24O2.Ir/c1-38(2,3)35-23-32(22-31-8-6-7-9-33(31)35)37-24-34(36(25-44-37)40(41,42)43)30-16-14-27(15-17-30)26-10-12-28(13-11-26)29-18-20-39(4,5)21-19-29;1-5-10(6-2)12(14)9-13(15)11(7-3)8-4;/h6-17,23-25,29H,18-21H2,1-5H3;9-11,14H,5-8H2,1-4H3;/q-1;;/b;12-9-;/i29D;;. The van der Waals surface area contributed by atoms with Crippen LogP contribution in [0.25, 0.3) is 44.3 Å². The Morgan fingerprint density at radius 3 is 1.90 bits per heavy atom. The maximum Gasteiger partial charge on any atom is 0.418 e. The summed E-state index contributed by atoms with van der Waals surface area (Å²) in [7, 11) is 0. The van der Waals surface area contributed by atoms with E-state index in [1.54, 1.807) is 18.2 Å². The number of carbonyl (C=O) groups excluding carboxylic acids is 1. The minimum absolute atomic E-state index is 0. The smallest absolute Gasteiger partial charge is 0.418 e. The van der Waals surface area contributed by atoms with E-state index in [2.05, 4.69) is 51.7 Å². The van der Waals surface area contributed by atoms with Gasteiger partial charge in [-0.1, -0.05) is 146 Å². The number of halogens is 3. The minimum atomic E-state index is -4.56. The SMILES string of the molecule is CCC(CC)C(=O)/C=C(\O)C(CC)CC.[2H]C1(c2ccc(-c3ccc(-c4cc(-c5[c-]c6ccccc6c(C(C)(C)C)c5)ncc4C(F)(F)F)cc3)cc2)CCC(C)(C)CC1.[Ir]. The molecule has 1 fully saturated rings. The van der Waals surface area contributed by atoms with Crippen LogP contribution < -0.4 is 0 Å². The van der Waals surface area contributed by atoms with E-state index in [0.29, 0.717) is 16.8 Å². The molecule has 3 nitrogen and oxygen atoms in total. The molecular weight excluding hydrogens is 932 g/mol. The van der Waals surface area contributed by atoms with Gasteiger partial charge in [-0.3, -0.25) is 9.78 Å². The molecule has 0 amide bonds. The summed E-state index contributed by atoms with van der Waals surface area (Å²) >= 11 is 0. The summed E-state index contributed by atoms with van der Waals surface area (Å²) in [6.45, 7) is 19.0. The van der Waals surface area contributed by atoms with Crippen molar-refractivity contribution in [2.75, 3.05) is 0 Å². The number of carbonyl (C=O) groups is 1. The van der Waals surface area contributed by atoms with E-state index in [1.165, 1.54) is 6.08 Å². The van der Waals surface area contributed by atoms with Gasteiger partial charge in [0.15, 0.2) is 5.78 Å². The van der Waals surface area contributed by atoms with Gasteiger partial charge in [-0.05, 0) is 95.9 Å². The van der Waals surface area contributed by atoms with Crippen molar-refractivity contribution in [1.82, 2.24) is 4.98 Å². The summed E-state index contributed by atoms with van der Waals surface area (Å²) in [5.41, 5.74) is 5.01. The predicted molar refractivity (Wildman–Crippen MR) is 239 cm³/mol. The summed E-state index contributed by atoms with van der Waals surface area (Å²) in [6.07, 6.45) is 5.05. The Labute approximate surface area is 372 Å². The molecule has 1 heterocycles. The molecule has 1 radical (unpaired) electrons. The van der Waals surface area contributed by atoms with Crippen LogP contribution in [0.1, 0.15) is 138 Å². The van der Waals surface area contributed by atoms with Gasteiger partial charge in [0.25, 0.3) is 0 Å². The Morgan fingerprint density at radius 1 is 0.833 bits per heavy atom. The van der Waals surface area contributed by atoms with Crippen LogP contribution in [-0.4, -0.2) is 15.9 Å². The van der Waals surface area contributed by atoms with Gasteiger partial charge < -0.3 is 5.11 Å². The third-order valence-electron chi connectivity index (χ3n) is 12.2. The molecule has 1 aromatic heterocycles. The third-order valence-corrected chi connectivity index (χ3v) is 12.2. The maximum absolute atomic E-state index is 14.2. The Kier molecular flexibility index (Phi) is 16.2. The van der Waals surface area contributed by atoms with E-state index >= 15 is 0 Å². The van der Waals surface area contributed by atoms with Crippen LogP contribution in [0.2, 0.25) is 0 Å². The molecule has 4 aromatic carbocycles. The van der Waals surface area contributed by atoms with Gasteiger partial charge >= 0.3 is 6.18 Å². The number of hydrogen-bond acceptors (Lipinski definition) is 3. The number of aliphatic hydroxyl groups excluding tert-OH is 1. The Morgan fingerprint density at radius 2 is 1.37 bits per heavy atom. The Balaban J connectivity index is 0.000000439. The van der Waals surface area contributed by atoms with E-state index in [-0.39, 0.29) is 59.9 Å². The van der Waals surface area contributed by atoms with E-state index in [4.69, 9.17) is 1.37 Å². The zero-order valence-corrected chi connectivity index (χ0v) is 39.2. The molecule has 1 aliphatic rings. The molecule has 1 aliphatic carbocycles. The van der Waals surface area contributed by atoms with Gasteiger partial charge in [0.2, 0.25) is 0 Å². The number of nitrogens with zero attached hydrogens (tertiary/aromatic N) is 1. The molecular formula is C53H63F3IrNO2-. The minimum Gasteiger partial charge on any atom is -0.512 e. The van der Waals surface area contributed by atoms with Crippen LogP contribution in [0.3, 0.4) is 0 Å². The van der Waals surface area contributed by atoms with Crippen LogP contribution in [0.15, 0.2) is 103 Å². The zero-order valence-electron chi connectivity index (χ0n) is 37.8. The first kappa shape index (κ1) is 47.0. The average Bonchev–Trinajstić information content (AvgIpc) is 3.22. The zero-order chi connectivity index (χ0) is 44.0. The summed E-state index contributed by atoms with van der Waals surface area (Å²) in [4.78, 5) is 16.0. The van der Waals surface area contributed by atoms with E-state index in [0.717, 1.165) is 90.6 Å². The van der Waals surface area contributed by atoms with Crippen molar-refractivity contribution in [3.8, 4) is 33.5 Å². The fourth-order valence-corrected chi connectivity index (χ4v) is 8.09. The molecule has 0 atom stereocenters. The second kappa shape index (κ2) is 20.7. The first-order chi connectivity index (χ1) is 28.2. The second-order valence-corrected chi connectivity index (χ2v) is 17.9. The number of pyridine rings is 1. The van der Waals surface area contributed by atoms with Crippen molar-refractivity contribution in [2.24, 2.45) is 17.3 Å².